The average molecular weight is 601 g/mol. The van der Waals surface area contributed by atoms with Crippen molar-refractivity contribution in [2.24, 2.45) is 71.0 Å². The molecule has 3 rings (SSSR count). The van der Waals surface area contributed by atoms with Crippen molar-refractivity contribution in [1.82, 2.24) is 10.6 Å². The molecular formula is C38H84N2S. The SMILES string of the molecule is CC.CC.CC.CC(C)C1CCNCC1C(C)C.CC(C)C1CCNCC1C(C)C.CC(C)C1CSCC1C(C)C. The van der Waals surface area contributed by atoms with Gasteiger partial charge in [-0.15, -0.1) is 0 Å². The molecule has 0 aromatic rings. The van der Waals surface area contributed by atoms with Gasteiger partial charge in [-0.3, -0.25) is 0 Å². The maximum atomic E-state index is 3.50. The predicted octanol–water partition coefficient (Wildman–Crippen LogP) is 11.4. The number of hydrogen-bond acceptors (Lipinski definition) is 3. The molecule has 0 aromatic heterocycles. The summed E-state index contributed by atoms with van der Waals surface area (Å²) in [5.74, 6) is 13.7. The fourth-order valence-electron chi connectivity index (χ4n) is 6.88. The Morgan fingerprint density at radius 2 is 0.634 bits per heavy atom. The summed E-state index contributed by atoms with van der Waals surface area (Å²) in [6.45, 7) is 45.3. The molecular weight excluding hydrogens is 516 g/mol. The van der Waals surface area contributed by atoms with Gasteiger partial charge in [0.1, 0.15) is 0 Å². The van der Waals surface area contributed by atoms with Crippen molar-refractivity contribution < 1.29 is 0 Å². The van der Waals surface area contributed by atoms with Crippen LogP contribution in [-0.2, 0) is 0 Å². The van der Waals surface area contributed by atoms with E-state index in [2.05, 4.69) is 105 Å². The third-order valence-corrected chi connectivity index (χ3v) is 10.7. The molecule has 0 spiro atoms. The van der Waals surface area contributed by atoms with Crippen molar-refractivity contribution >= 4 is 11.8 Å². The molecule has 3 aliphatic heterocycles. The van der Waals surface area contributed by atoms with E-state index in [0.29, 0.717) is 0 Å². The lowest BCUT2D eigenvalue weighted by Crippen LogP contribution is -2.41. The van der Waals surface area contributed by atoms with E-state index in [9.17, 15) is 0 Å². The highest BCUT2D eigenvalue weighted by molar-refractivity contribution is 7.99. The lowest BCUT2D eigenvalue weighted by atomic mass is 9.74. The van der Waals surface area contributed by atoms with Gasteiger partial charge in [-0.1, -0.05) is 125 Å². The van der Waals surface area contributed by atoms with Crippen LogP contribution >= 0.6 is 11.8 Å². The topological polar surface area (TPSA) is 24.1 Å². The van der Waals surface area contributed by atoms with Crippen LogP contribution in [0.25, 0.3) is 0 Å². The highest BCUT2D eigenvalue weighted by Gasteiger charge is 2.32. The Kier molecular flexibility index (Phi) is 31.0. The second-order valence-corrected chi connectivity index (χ2v) is 15.0. The fourth-order valence-corrected chi connectivity index (χ4v) is 8.83. The van der Waals surface area contributed by atoms with Gasteiger partial charge >= 0.3 is 0 Å². The van der Waals surface area contributed by atoms with E-state index in [1.54, 1.807) is 0 Å². The maximum Gasteiger partial charge on any atom is -0.00153 e. The first kappa shape index (κ1) is 45.7. The Balaban J connectivity index is -0.000000483. The predicted molar refractivity (Wildman–Crippen MR) is 196 cm³/mol. The summed E-state index contributed by atoms with van der Waals surface area (Å²) in [5, 5.41) is 7.00. The summed E-state index contributed by atoms with van der Waals surface area (Å²) < 4.78 is 0. The van der Waals surface area contributed by atoms with Gasteiger partial charge in [0.05, 0.1) is 0 Å². The van der Waals surface area contributed by atoms with Crippen LogP contribution in [0.15, 0.2) is 0 Å². The minimum absolute atomic E-state index is 0.838. The van der Waals surface area contributed by atoms with Crippen molar-refractivity contribution in [3.8, 4) is 0 Å². The monoisotopic (exact) mass is 601 g/mol. The van der Waals surface area contributed by atoms with Gasteiger partial charge in [0.15, 0.2) is 0 Å². The summed E-state index contributed by atoms with van der Waals surface area (Å²) >= 11 is 2.15. The molecule has 0 saturated carbocycles. The highest BCUT2D eigenvalue weighted by Crippen LogP contribution is 2.39. The van der Waals surface area contributed by atoms with Crippen LogP contribution in [0.1, 0.15) is 137 Å². The van der Waals surface area contributed by atoms with E-state index in [1.807, 2.05) is 41.5 Å². The van der Waals surface area contributed by atoms with Crippen LogP contribution in [-0.4, -0.2) is 37.7 Å². The molecule has 0 bridgehead atoms. The molecule has 2 N–H and O–H groups in total. The first-order chi connectivity index (χ1) is 19.4. The van der Waals surface area contributed by atoms with E-state index in [1.165, 1.54) is 50.5 Å². The molecule has 252 valence electrons. The first-order valence-corrected chi connectivity index (χ1v) is 19.5. The maximum absolute atomic E-state index is 3.50. The van der Waals surface area contributed by atoms with Crippen molar-refractivity contribution in [3.05, 3.63) is 0 Å². The number of nitrogens with one attached hydrogen (secondary N) is 2. The quantitative estimate of drug-likeness (QED) is 0.317. The zero-order chi connectivity index (χ0) is 32.7. The Bertz CT molecular complexity index is 450. The van der Waals surface area contributed by atoms with E-state index in [0.717, 1.165) is 71.0 Å². The fraction of sp³-hybridized carbons (Fsp3) is 1.00. The molecule has 41 heavy (non-hydrogen) atoms. The number of thioether (sulfide) groups is 1. The molecule has 3 aliphatic rings. The van der Waals surface area contributed by atoms with Crippen molar-refractivity contribution in [3.63, 3.8) is 0 Å². The Hall–Kier alpha value is 0.270. The van der Waals surface area contributed by atoms with Gasteiger partial charge in [-0.2, -0.15) is 11.8 Å². The van der Waals surface area contributed by atoms with Crippen molar-refractivity contribution in [1.29, 1.82) is 0 Å². The van der Waals surface area contributed by atoms with Gasteiger partial charge in [0.2, 0.25) is 0 Å². The Morgan fingerprint density at radius 1 is 0.390 bits per heavy atom. The summed E-state index contributed by atoms with van der Waals surface area (Å²) in [6, 6.07) is 0. The van der Waals surface area contributed by atoms with Gasteiger partial charge in [-0.05, 0) is 122 Å². The smallest absolute Gasteiger partial charge is 0.00153 e. The second kappa shape index (κ2) is 27.8. The molecule has 2 nitrogen and oxygen atoms in total. The van der Waals surface area contributed by atoms with Crippen LogP contribution < -0.4 is 10.6 Å². The molecule has 3 heterocycles. The van der Waals surface area contributed by atoms with Crippen molar-refractivity contribution in [2.75, 3.05) is 37.7 Å². The first-order valence-electron chi connectivity index (χ1n) is 18.4. The zero-order valence-electron chi connectivity index (χ0n) is 32.0. The van der Waals surface area contributed by atoms with Crippen LogP contribution in [0, 0.1) is 71.0 Å². The Labute approximate surface area is 267 Å². The van der Waals surface area contributed by atoms with Gasteiger partial charge in [0.25, 0.3) is 0 Å². The number of piperidine rings is 2. The molecule has 0 aliphatic carbocycles. The largest absolute Gasteiger partial charge is 0.316 e. The molecule has 0 amide bonds. The van der Waals surface area contributed by atoms with E-state index < -0.39 is 0 Å². The summed E-state index contributed by atoms with van der Waals surface area (Å²) in [6.07, 6.45) is 2.75. The summed E-state index contributed by atoms with van der Waals surface area (Å²) in [4.78, 5) is 0. The molecule has 3 saturated heterocycles. The standard InChI is InChI=1S/2C11H23N.C10H20S.3C2H6/c2*1-8(2)10-5-6-12-7-11(10)9(3)4;1-7(2)9-5-11-6-10(9)8(3)4;3*1-2/h2*8-12H,5-7H2,1-4H3;7-10H,5-6H2,1-4H3;3*1-2H3. The van der Waals surface area contributed by atoms with Crippen LogP contribution in [0.5, 0.6) is 0 Å². The second-order valence-electron chi connectivity index (χ2n) is 14.0. The Morgan fingerprint density at radius 3 is 0.829 bits per heavy atom. The van der Waals surface area contributed by atoms with Crippen LogP contribution in [0.3, 0.4) is 0 Å². The minimum Gasteiger partial charge on any atom is -0.316 e. The van der Waals surface area contributed by atoms with Gasteiger partial charge in [-0.25, -0.2) is 0 Å². The molecule has 6 atom stereocenters. The third kappa shape index (κ3) is 18.6. The zero-order valence-corrected chi connectivity index (χ0v) is 32.8. The molecule has 3 heteroatoms. The summed E-state index contributed by atoms with van der Waals surface area (Å²) in [7, 11) is 0. The van der Waals surface area contributed by atoms with Crippen LogP contribution in [0.2, 0.25) is 0 Å². The molecule has 0 aromatic carbocycles. The minimum atomic E-state index is 0.838. The third-order valence-electron chi connectivity index (χ3n) is 9.48. The highest BCUT2D eigenvalue weighted by atomic mass is 32.2. The van der Waals surface area contributed by atoms with E-state index in [-0.39, 0.29) is 0 Å². The lowest BCUT2D eigenvalue weighted by molar-refractivity contribution is 0.150. The van der Waals surface area contributed by atoms with Gasteiger partial charge in [0, 0.05) is 0 Å². The van der Waals surface area contributed by atoms with E-state index in [4.69, 9.17) is 0 Å². The number of rotatable bonds is 6. The normalized spacial score (nSPS) is 27.5. The number of hydrogen-bond donors (Lipinski definition) is 2. The van der Waals surface area contributed by atoms with E-state index >= 15 is 0 Å². The van der Waals surface area contributed by atoms with Crippen molar-refractivity contribution in [2.45, 2.75) is 137 Å². The van der Waals surface area contributed by atoms with Gasteiger partial charge < -0.3 is 10.6 Å². The average Bonchev–Trinajstić information content (AvgIpc) is 3.48. The molecule has 0 radical (unpaired) electrons. The van der Waals surface area contributed by atoms with Crippen LogP contribution in [0.4, 0.5) is 0 Å². The molecule has 3 fully saturated rings. The summed E-state index contributed by atoms with van der Waals surface area (Å²) in [5.41, 5.74) is 0. The molecule has 6 unspecified atom stereocenters. The lowest BCUT2D eigenvalue weighted by Gasteiger charge is -2.37.